The predicted molar refractivity (Wildman–Crippen MR) is 127 cm³/mol. The van der Waals surface area contributed by atoms with Gasteiger partial charge in [-0.3, -0.25) is 0 Å². The summed E-state index contributed by atoms with van der Waals surface area (Å²) in [6.45, 7) is 9.42. The second kappa shape index (κ2) is 24.6. The lowest BCUT2D eigenvalue weighted by Crippen LogP contribution is -2.12. The molecule has 0 aliphatic rings. The summed E-state index contributed by atoms with van der Waals surface area (Å²) in [5, 5.41) is 0. The van der Waals surface area contributed by atoms with Crippen LogP contribution in [0.3, 0.4) is 0 Å². The summed E-state index contributed by atoms with van der Waals surface area (Å²) in [4.78, 5) is 0. The van der Waals surface area contributed by atoms with Gasteiger partial charge in [0, 0.05) is 7.26 Å². The highest BCUT2D eigenvalue weighted by molar-refractivity contribution is 7.75. The third-order valence-corrected chi connectivity index (χ3v) is 9.00. The fraction of sp³-hybridized carbons (Fsp3) is 1.00. The fourth-order valence-electron chi connectivity index (χ4n) is 2.64. The molecule has 0 heterocycles. The Hall–Kier alpha value is -0.430. The number of rotatable bonds is 12. The molecule has 0 aliphatic carbocycles. The summed E-state index contributed by atoms with van der Waals surface area (Å²) in [6, 6.07) is 0. The van der Waals surface area contributed by atoms with E-state index in [2.05, 4.69) is 27.7 Å². The molecular formula is C16H36B4F16P-3. The Morgan fingerprint density at radius 3 is 0.514 bits per heavy atom. The van der Waals surface area contributed by atoms with Crippen molar-refractivity contribution in [1.82, 2.24) is 0 Å². The molecule has 0 aliphatic heterocycles. The Balaban J connectivity index is -0.000000139. The van der Waals surface area contributed by atoms with E-state index in [1.807, 2.05) is 0 Å². The normalized spacial score (nSPS) is 12.0. The zero-order valence-electron chi connectivity index (χ0n) is 21.3. The van der Waals surface area contributed by atoms with Gasteiger partial charge < -0.3 is 69.1 Å². The van der Waals surface area contributed by atoms with Crippen LogP contribution in [-0.2, 0) is 0 Å². The zero-order valence-corrected chi connectivity index (χ0v) is 22.2. The lowest BCUT2D eigenvalue weighted by atomic mass is 10.3. The summed E-state index contributed by atoms with van der Waals surface area (Å²) >= 11 is 0. The Labute approximate surface area is 209 Å². The summed E-state index contributed by atoms with van der Waals surface area (Å²) in [5.74, 6) is 0. The van der Waals surface area contributed by atoms with Gasteiger partial charge in [-0.15, -0.1) is 0 Å². The molecule has 0 saturated carbocycles. The highest BCUT2D eigenvalue weighted by Crippen LogP contribution is 2.61. The van der Waals surface area contributed by atoms with Crippen LogP contribution in [0.15, 0.2) is 0 Å². The van der Waals surface area contributed by atoms with Crippen molar-refractivity contribution in [2.75, 3.05) is 24.6 Å². The van der Waals surface area contributed by atoms with Gasteiger partial charge in [0.1, 0.15) is 0 Å². The van der Waals surface area contributed by atoms with Gasteiger partial charge in [-0.05, 0) is 25.7 Å². The standard InChI is InChI=1S/C16H36P.4BF4/c1-5-9-13-17(14-10-6-2,15-11-7-3)16-12-8-4;4*2-1(3,4)5/h5-16H2,1-4H3;;;;/q+1;4*-1. The Morgan fingerprint density at radius 1 is 0.324 bits per heavy atom. The smallest absolute Gasteiger partial charge is 0.418 e. The molecule has 37 heavy (non-hydrogen) atoms. The Kier molecular flexibility index (Phi) is 30.9. The van der Waals surface area contributed by atoms with Gasteiger partial charge in [-0.1, -0.05) is 53.4 Å². The van der Waals surface area contributed by atoms with Crippen LogP contribution in [-0.4, -0.2) is 53.7 Å². The van der Waals surface area contributed by atoms with Crippen molar-refractivity contribution in [3.63, 3.8) is 0 Å². The molecule has 0 nitrogen and oxygen atoms in total. The second-order valence-corrected chi connectivity index (χ2v) is 12.1. The fourth-order valence-corrected chi connectivity index (χ4v) is 7.93. The van der Waals surface area contributed by atoms with Crippen LogP contribution in [0.25, 0.3) is 0 Å². The topological polar surface area (TPSA) is 0 Å². The average Bonchev–Trinajstić information content (AvgIpc) is 2.61. The Bertz CT molecular complexity index is 360. The number of hydrogen-bond donors (Lipinski definition) is 0. The molecule has 0 aromatic rings. The first-order chi connectivity index (χ1) is 16.2. The zero-order chi connectivity index (χ0) is 31.0. The maximum Gasteiger partial charge on any atom is 0.673 e. The monoisotopic (exact) mass is 607 g/mol. The molecule has 0 aromatic heterocycles. The third-order valence-electron chi connectivity index (χ3n) is 3.94. The van der Waals surface area contributed by atoms with Crippen molar-refractivity contribution in [2.24, 2.45) is 0 Å². The van der Waals surface area contributed by atoms with E-state index >= 15 is 0 Å². The van der Waals surface area contributed by atoms with E-state index in [1.165, 1.54) is 51.4 Å². The molecule has 0 radical (unpaired) electrons. The number of unbranched alkanes of at least 4 members (excludes halogenated alkanes) is 4. The first kappa shape index (κ1) is 46.4. The molecule has 0 fully saturated rings. The van der Waals surface area contributed by atoms with E-state index in [0.717, 1.165) is 0 Å². The van der Waals surface area contributed by atoms with Gasteiger partial charge in [-0.25, -0.2) is 0 Å². The van der Waals surface area contributed by atoms with E-state index in [4.69, 9.17) is 0 Å². The average molecular weight is 607 g/mol. The van der Waals surface area contributed by atoms with E-state index in [0.29, 0.717) is 0 Å². The van der Waals surface area contributed by atoms with E-state index in [1.54, 1.807) is 24.6 Å². The molecule has 0 amide bonds. The molecule has 0 saturated heterocycles. The molecule has 0 rings (SSSR count). The van der Waals surface area contributed by atoms with Gasteiger partial charge in [0.2, 0.25) is 0 Å². The Morgan fingerprint density at radius 2 is 0.432 bits per heavy atom. The van der Waals surface area contributed by atoms with Crippen LogP contribution < -0.4 is 0 Å². The van der Waals surface area contributed by atoms with Crippen molar-refractivity contribution in [3.8, 4) is 0 Å². The van der Waals surface area contributed by atoms with Gasteiger partial charge >= 0.3 is 29.0 Å². The molecular weight excluding hydrogens is 570 g/mol. The first-order valence-electron chi connectivity index (χ1n) is 11.6. The molecule has 0 bridgehead atoms. The predicted octanol–water partition coefficient (Wildman–Crippen LogP) is 11.4. The molecule has 0 atom stereocenters. The summed E-state index contributed by atoms with van der Waals surface area (Å²) < 4.78 is 156. The minimum absolute atomic E-state index is 0.562. The first-order valence-corrected chi connectivity index (χ1v) is 14.1. The van der Waals surface area contributed by atoms with Gasteiger partial charge in [0.05, 0.1) is 24.6 Å². The van der Waals surface area contributed by atoms with E-state index in [9.17, 15) is 69.1 Å². The highest BCUT2D eigenvalue weighted by Gasteiger charge is 2.34. The van der Waals surface area contributed by atoms with Crippen LogP contribution in [0.2, 0.25) is 0 Å². The molecule has 0 spiro atoms. The van der Waals surface area contributed by atoms with Crippen molar-refractivity contribution in [2.45, 2.75) is 79.1 Å². The van der Waals surface area contributed by atoms with E-state index in [-0.39, 0.29) is 0 Å². The maximum absolute atomic E-state index is 9.75. The molecule has 232 valence electrons. The van der Waals surface area contributed by atoms with Crippen LogP contribution in [0, 0.1) is 0 Å². The van der Waals surface area contributed by atoms with Gasteiger partial charge in [-0.2, -0.15) is 0 Å². The van der Waals surface area contributed by atoms with Crippen LogP contribution in [0.5, 0.6) is 0 Å². The van der Waals surface area contributed by atoms with Crippen molar-refractivity contribution in [3.05, 3.63) is 0 Å². The largest absolute Gasteiger partial charge is 0.673 e. The summed E-state index contributed by atoms with van der Waals surface area (Å²) in [5.41, 5.74) is 0. The molecule has 0 aromatic carbocycles. The minimum Gasteiger partial charge on any atom is -0.418 e. The summed E-state index contributed by atoms with van der Waals surface area (Å²) in [6.07, 6.45) is 17.9. The van der Waals surface area contributed by atoms with Crippen molar-refractivity contribution < 1.29 is 69.1 Å². The lowest BCUT2D eigenvalue weighted by Gasteiger charge is -2.28. The van der Waals surface area contributed by atoms with Crippen LogP contribution in [0.1, 0.15) is 79.1 Å². The molecule has 0 unspecified atom stereocenters. The van der Waals surface area contributed by atoms with Gasteiger partial charge in [0.25, 0.3) is 0 Å². The van der Waals surface area contributed by atoms with Crippen molar-refractivity contribution >= 4 is 36.3 Å². The lowest BCUT2D eigenvalue weighted by molar-refractivity contribution is 0.366. The van der Waals surface area contributed by atoms with Crippen LogP contribution in [0.4, 0.5) is 69.1 Å². The second-order valence-electron chi connectivity index (χ2n) is 7.63. The van der Waals surface area contributed by atoms with Gasteiger partial charge in [0.15, 0.2) is 0 Å². The summed E-state index contributed by atoms with van der Waals surface area (Å²) in [7, 11) is -24.6. The quantitative estimate of drug-likeness (QED) is 0.118. The minimum atomic E-state index is -6.00. The SMILES string of the molecule is CCCC[P+](CCCC)(CCCC)CCCC.F[B-](F)(F)F.F[B-](F)(F)F.F[B-](F)(F)F.F[B-](F)(F)F. The van der Waals surface area contributed by atoms with Crippen molar-refractivity contribution in [1.29, 1.82) is 0 Å². The number of halogens is 16. The molecule has 21 heteroatoms. The third kappa shape index (κ3) is 105. The van der Waals surface area contributed by atoms with E-state index < -0.39 is 36.3 Å². The maximum atomic E-state index is 9.75. The van der Waals surface area contributed by atoms with Crippen LogP contribution >= 0.6 is 7.26 Å². The number of hydrogen-bond acceptors (Lipinski definition) is 0. The molecule has 0 N–H and O–H groups in total. The highest BCUT2D eigenvalue weighted by atomic mass is 31.2.